The Morgan fingerprint density at radius 1 is 1.08 bits per heavy atom. The van der Waals surface area contributed by atoms with Gasteiger partial charge in [0.25, 0.3) is 5.56 Å². The first-order chi connectivity index (χ1) is 11.6. The highest BCUT2D eigenvalue weighted by atomic mass is 35.5. The molecule has 2 heterocycles. The smallest absolute Gasteiger partial charge is 0.266 e. The number of thiazole rings is 1. The number of halogens is 1. The first-order valence-corrected chi connectivity index (χ1v) is 8.53. The van der Waals surface area contributed by atoms with Crippen molar-refractivity contribution in [3.05, 3.63) is 79.6 Å². The summed E-state index contributed by atoms with van der Waals surface area (Å²) in [5.74, 6) is 0.525. The molecule has 24 heavy (non-hydrogen) atoms. The summed E-state index contributed by atoms with van der Waals surface area (Å²) >= 11 is 7.23. The second-order valence-corrected chi connectivity index (χ2v) is 6.91. The number of benzene rings is 2. The molecule has 2 aromatic carbocycles. The minimum Gasteiger partial charge on any atom is -0.266 e. The molecule has 0 aliphatic heterocycles. The number of nitrogens with zero attached hydrogens (tertiary/aromatic N) is 3. The summed E-state index contributed by atoms with van der Waals surface area (Å²) in [5.41, 5.74) is 2.85. The number of aryl methyl sites for hydroxylation is 1. The molecular formula is C18H12ClN3OS. The van der Waals surface area contributed by atoms with E-state index in [2.05, 4.69) is 10.1 Å². The van der Waals surface area contributed by atoms with Gasteiger partial charge in [-0.15, -0.1) is 5.10 Å². The minimum atomic E-state index is -0.150. The van der Waals surface area contributed by atoms with Crippen molar-refractivity contribution < 1.29 is 0 Å². The van der Waals surface area contributed by atoms with Crippen LogP contribution in [-0.4, -0.2) is 14.6 Å². The van der Waals surface area contributed by atoms with Crippen LogP contribution in [0.2, 0.25) is 5.02 Å². The van der Waals surface area contributed by atoms with Crippen LogP contribution in [0.1, 0.15) is 11.1 Å². The summed E-state index contributed by atoms with van der Waals surface area (Å²) in [6.07, 6.45) is 1.87. The van der Waals surface area contributed by atoms with Crippen molar-refractivity contribution in [2.45, 2.75) is 6.92 Å². The number of hydrogen-bond donors (Lipinski definition) is 0. The van der Waals surface area contributed by atoms with Gasteiger partial charge in [0.1, 0.15) is 0 Å². The fourth-order valence-electron chi connectivity index (χ4n) is 2.37. The van der Waals surface area contributed by atoms with E-state index < -0.39 is 0 Å². The standard InChI is InChI=1S/C18H12ClN3OS/c1-11-2-4-12(5-3-11)10-15-17(23)22-18(24-15)20-16(21-22)13-6-8-14(19)9-7-13/h2-10H,1H3. The molecule has 0 fully saturated rings. The van der Waals surface area contributed by atoms with Crippen LogP contribution in [0.4, 0.5) is 0 Å². The van der Waals surface area contributed by atoms with Crippen LogP contribution >= 0.6 is 22.9 Å². The molecule has 0 aliphatic rings. The van der Waals surface area contributed by atoms with E-state index >= 15 is 0 Å². The maximum Gasteiger partial charge on any atom is 0.291 e. The van der Waals surface area contributed by atoms with Gasteiger partial charge in [0.2, 0.25) is 4.96 Å². The van der Waals surface area contributed by atoms with Gasteiger partial charge in [-0.05, 0) is 42.8 Å². The van der Waals surface area contributed by atoms with E-state index in [4.69, 9.17) is 11.6 Å². The van der Waals surface area contributed by atoms with E-state index in [9.17, 15) is 4.79 Å². The average molecular weight is 354 g/mol. The first-order valence-electron chi connectivity index (χ1n) is 7.34. The molecule has 0 saturated heterocycles. The highest BCUT2D eigenvalue weighted by Gasteiger charge is 2.11. The lowest BCUT2D eigenvalue weighted by molar-refractivity contribution is 0.937. The molecule has 0 unspecified atom stereocenters. The maximum absolute atomic E-state index is 12.5. The van der Waals surface area contributed by atoms with E-state index in [0.29, 0.717) is 20.3 Å². The highest BCUT2D eigenvalue weighted by Crippen LogP contribution is 2.19. The lowest BCUT2D eigenvalue weighted by Gasteiger charge is -1.94. The van der Waals surface area contributed by atoms with Crippen molar-refractivity contribution in [1.29, 1.82) is 0 Å². The van der Waals surface area contributed by atoms with Gasteiger partial charge in [0.15, 0.2) is 5.82 Å². The van der Waals surface area contributed by atoms with Gasteiger partial charge in [-0.1, -0.05) is 52.8 Å². The lowest BCUT2D eigenvalue weighted by Crippen LogP contribution is -2.23. The van der Waals surface area contributed by atoms with Gasteiger partial charge in [-0.3, -0.25) is 4.79 Å². The van der Waals surface area contributed by atoms with Crippen LogP contribution in [0.25, 0.3) is 22.4 Å². The Morgan fingerprint density at radius 3 is 2.46 bits per heavy atom. The fraction of sp³-hybridized carbons (Fsp3) is 0.0556. The Kier molecular flexibility index (Phi) is 3.67. The summed E-state index contributed by atoms with van der Waals surface area (Å²) in [5, 5.41) is 4.98. The van der Waals surface area contributed by atoms with Gasteiger partial charge in [0.05, 0.1) is 4.53 Å². The molecule has 0 spiro atoms. The third kappa shape index (κ3) is 2.72. The van der Waals surface area contributed by atoms with Crippen molar-refractivity contribution in [3.63, 3.8) is 0 Å². The summed E-state index contributed by atoms with van der Waals surface area (Å²) in [7, 11) is 0. The Balaban J connectivity index is 1.79. The Labute approximate surface area is 146 Å². The van der Waals surface area contributed by atoms with Crippen molar-refractivity contribution in [2.24, 2.45) is 0 Å². The van der Waals surface area contributed by atoms with Crippen molar-refractivity contribution in [2.75, 3.05) is 0 Å². The quantitative estimate of drug-likeness (QED) is 0.555. The summed E-state index contributed by atoms with van der Waals surface area (Å²) < 4.78 is 1.98. The summed E-state index contributed by atoms with van der Waals surface area (Å²) in [6, 6.07) is 15.3. The summed E-state index contributed by atoms with van der Waals surface area (Å²) in [4.78, 5) is 17.6. The number of aromatic nitrogens is 3. The number of rotatable bonds is 2. The third-order valence-electron chi connectivity index (χ3n) is 3.66. The van der Waals surface area contributed by atoms with Gasteiger partial charge >= 0.3 is 0 Å². The van der Waals surface area contributed by atoms with E-state index in [1.54, 1.807) is 12.1 Å². The zero-order valence-corrected chi connectivity index (χ0v) is 14.3. The van der Waals surface area contributed by atoms with Crippen LogP contribution in [0.15, 0.2) is 53.3 Å². The number of fused-ring (bicyclic) bond motifs is 1. The van der Waals surface area contributed by atoms with Gasteiger partial charge < -0.3 is 0 Å². The molecule has 2 aromatic heterocycles. The molecular weight excluding hydrogens is 342 g/mol. The molecule has 4 aromatic rings. The van der Waals surface area contributed by atoms with E-state index in [1.807, 2.05) is 49.4 Å². The Hall–Kier alpha value is -2.50. The van der Waals surface area contributed by atoms with Crippen LogP contribution in [0, 0.1) is 6.92 Å². The Bertz CT molecular complexity index is 1130. The zero-order valence-electron chi connectivity index (χ0n) is 12.7. The molecule has 4 rings (SSSR count). The molecule has 0 N–H and O–H groups in total. The highest BCUT2D eigenvalue weighted by molar-refractivity contribution is 7.15. The molecule has 0 saturated carbocycles. The number of hydrogen-bond acceptors (Lipinski definition) is 4. The van der Waals surface area contributed by atoms with Crippen molar-refractivity contribution in [3.8, 4) is 11.4 Å². The zero-order chi connectivity index (χ0) is 16.7. The van der Waals surface area contributed by atoms with Gasteiger partial charge in [-0.25, -0.2) is 0 Å². The lowest BCUT2D eigenvalue weighted by atomic mass is 10.1. The first kappa shape index (κ1) is 15.1. The normalized spacial score (nSPS) is 12.2. The molecule has 4 nitrogen and oxygen atoms in total. The predicted octanol–water partition coefficient (Wildman–Crippen LogP) is 3.33. The monoisotopic (exact) mass is 353 g/mol. The molecule has 6 heteroatoms. The van der Waals surface area contributed by atoms with E-state index in [1.165, 1.54) is 21.4 Å². The average Bonchev–Trinajstić information content (AvgIpc) is 3.11. The maximum atomic E-state index is 12.5. The van der Waals surface area contributed by atoms with Gasteiger partial charge in [-0.2, -0.15) is 9.50 Å². The molecule has 0 aliphatic carbocycles. The Morgan fingerprint density at radius 2 is 1.79 bits per heavy atom. The van der Waals surface area contributed by atoms with Crippen LogP contribution in [0.3, 0.4) is 0 Å². The molecule has 0 bridgehead atoms. The predicted molar refractivity (Wildman–Crippen MR) is 97.5 cm³/mol. The topological polar surface area (TPSA) is 47.3 Å². The van der Waals surface area contributed by atoms with E-state index in [0.717, 1.165) is 11.1 Å². The van der Waals surface area contributed by atoms with Crippen LogP contribution in [0.5, 0.6) is 0 Å². The van der Waals surface area contributed by atoms with E-state index in [-0.39, 0.29) is 5.56 Å². The van der Waals surface area contributed by atoms with Crippen LogP contribution in [-0.2, 0) is 0 Å². The summed E-state index contributed by atoms with van der Waals surface area (Å²) in [6.45, 7) is 2.03. The molecule has 118 valence electrons. The third-order valence-corrected chi connectivity index (χ3v) is 4.87. The van der Waals surface area contributed by atoms with Gasteiger partial charge in [0, 0.05) is 10.6 Å². The SMILES string of the molecule is Cc1ccc(C=c2sc3nc(-c4ccc(Cl)cc4)nn3c2=O)cc1. The fourth-order valence-corrected chi connectivity index (χ4v) is 3.40. The van der Waals surface area contributed by atoms with Crippen molar-refractivity contribution in [1.82, 2.24) is 14.6 Å². The second-order valence-electron chi connectivity index (χ2n) is 5.46. The second kappa shape index (κ2) is 5.85. The molecule has 0 radical (unpaired) electrons. The minimum absolute atomic E-state index is 0.150. The largest absolute Gasteiger partial charge is 0.291 e. The van der Waals surface area contributed by atoms with Crippen molar-refractivity contribution >= 4 is 34.0 Å². The molecule has 0 atom stereocenters. The van der Waals surface area contributed by atoms with Crippen LogP contribution < -0.4 is 10.1 Å². The molecule has 0 amide bonds.